The van der Waals surface area contributed by atoms with Crippen LogP contribution in [0.2, 0.25) is 0 Å². The Morgan fingerprint density at radius 2 is 2.10 bits per heavy atom. The molecule has 1 rings (SSSR count). The molecule has 0 aromatic carbocycles. The van der Waals surface area contributed by atoms with Gasteiger partial charge in [-0.3, -0.25) is 0 Å². The van der Waals surface area contributed by atoms with Crippen LogP contribution in [-0.2, 0) is 0 Å². The van der Waals surface area contributed by atoms with Crippen LogP contribution in [0.25, 0.3) is 0 Å². The molecule has 0 saturated heterocycles. The number of rotatable bonds is 2. The van der Waals surface area contributed by atoms with E-state index >= 15 is 0 Å². The summed E-state index contributed by atoms with van der Waals surface area (Å²) in [5, 5.41) is 0. The van der Waals surface area contributed by atoms with Crippen molar-refractivity contribution in [1.29, 1.82) is 0 Å². The van der Waals surface area contributed by atoms with Crippen LogP contribution in [0.4, 0.5) is 0 Å². The topological polar surface area (TPSA) is 0 Å². The fraction of sp³-hybridized carbons (Fsp3) is 0.600. The first-order valence-electron chi connectivity index (χ1n) is 4.16. The maximum Gasteiger partial charge on any atom is -0.0136 e. The van der Waals surface area contributed by atoms with Crippen LogP contribution in [0.5, 0.6) is 0 Å². The van der Waals surface area contributed by atoms with Gasteiger partial charge in [0.25, 0.3) is 0 Å². The third kappa shape index (κ3) is 2.02. The van der Waals surface area contributed by atoms with Crippen LogP contribution in [0.3, 0.4) is 0 Å². The van der Waals surface area contributed by atoms with Gasteiger partial charge in [0.05, 0.1) is 0 Å². The van der Waals surface area contributed by atoms with E-state index in [1.54, 1.807) is 5.57 Å². The zero-order valence-corrected chi connectivity index (χ0v) is 6.98. The van der Waals surface area contributed by atoms with Crippen LogP contribution in [0, 0.1) is 0 Å². The van der Waals surface area contributed by atoms with Crippen LogP contribution >= 0.6 is 0 Å². The fourth-order valence-corrected chi connectivity index (χ4v) is 1.30. The Hall–Kier alpha value is -0.520. The van der Waals surface area contributed by atoms with Gasteiger partial charge in [-0.25, -0.2) is 0 Å². The molecule has 0 unspecified atom stereocenters. The largest absolute Gasteiger partial charge is 0.0812 e. The summed E-state index contributed by atoms with van der Waals surface area (Å²) >= 11 is 0. The van der Waals surface area contributed by atoms with Gasteiger partial charge in [-0.1, -0.05) is 36.6 Å². The molecule has 0 heterocycles. The summed E-state index contributed by atoms with van der Waals surface area (Å²) in [4.78, 5) is 0. The van der Waals surface area contributed by atoms with Crippen LogP contribution in [0.1, 0.15) is 39.5 Å². The molecular weight excluding hydrogens is 120 g/mol. The van der Waals surface area contributed by atoms with Crippen molar-refractivity contribution in [2.45, 2.75) is 39.5 Å². The molecule has 1 aliphatic carbocycles. The molecule has 0 N–H and O–H groups in total. The van der Waals surface area contributed by atoms with Crippen molar-refractivity contribution in [2.24, 2.45) is 0 Å². The maximum absolute atomic E-state index is 2.39. The van der Waals surface area contributed by atoms with Crippen molar-refractivity contribution in [1.82, 2.24) is 0 Å². The second kappa shape index (κ2) is 3.60. The first-order valence-corrected chi connectivity index (χ1v) is 4.16. The minimum Gasteiger partial charge on any atom is -0.0812 e. The van der Waals surface area contributed by atoms with Crippen molar-refractivity contribution >= 4 is 0 Å². The fourth-order valence-electron chi connectivity index (χ4n) is 1.30. The average molecular weight is 136 g/mol. The molecule has 0 amide bonds. The molecule has 0 aliphatic heterocycles. The SMILES string of the molecule is CCCC1=CCC(C)=CC1. The van der Waals surface area contributed by atoms with Crippen molar-refractivity contribution < 1.29 is 0 Å². The Kier molecular flexibility index (Phi) is 2.73. The van der Waals surface area contributed by atoms with E-state index in [2.05, 4.69) is 26.0 Å². The van der Waals surface area contributed by atoms with Crippen molar-refractivity contribution in [2.75, 3.05) is 0 Å². The highest BCUT2D eigenvalue weighted by molar-refractivity contribution is 5.19. The van der Waals surface area contributed by atoms with E-state index in [0.717, 1.165) is 0 Å². The smallest absolute Gasteiger partial charge is 0.0136 e. The first-order chi connectivity index (χ1) is 4.83. The molecule has 0 heteroatoms. The Bertz CT molecular complexity index is 161. The van der Waals surface area contributed by atoms with E-state index in [9.17, 15) is 0 Å². The number of hydrogen-bond donors (Lipinski definition) is 0. The van der Waals surface area contributed by atoms with E-state index in [-0.39, 0.29) is 0 Å². The molecule has 56 valence electrons. The number of allylic oxidation sites excluding steroid dienone is 4. The minimum atomic E-state index is 1.19. The first kappa shape index (κ1) is 7.59. The van der Waals surface area contributed by atoms with Gasteiger partial charge >= 0.3 is 0 Å². The second-order valence-corrected chi connectivity index (χ2v) is 3.07. The van der Waals surface area contributed by atoms with E-state index in [1.165, 1.54) is 31.3 Å². The van der Waals surface area contributed by atoms with Gasteiger partial charge in [0.15, 0.2) is 0 Å². The number of hydrogen-bond acceptors (Lipinski definition) is 0. The van der Waals surface area contributed by atoms with Crippen LogP contribution in [-0.4, -0.2) is 0 Å². The zero-order chi connectivity index (χ0) is 7.40. The van der Waals surface area contributed by atoms with Gasteiger partial charge in [0, 0.05) is 0 Å². The Morgan fingerprint density at radius 1 is 1.30 bits per heavy atom. The Morgan fingerprint density at radius 3 is 2.60 bits per heavy atom. The lowest BCUT2D eigenvalue weighted by atomic mass is 9.97. The van der Waals surface area contributed by atoms with Crippen molar-refractivity contribution in [3.8, 4) is 0 Å². The summed E-state index contributed by atoms with van der Waals surface area (Å²) < 4.78 is 0. The summed E-state index contributed by atoms with van der Waals surface area (Å²) in [7, 11) is 0. The highest BCUT2D eigenvalue weighted by Gasteiger charge is 1.99. The predicted molar refractivity (Wildman–Crippen MR) is 46.0 cm³/mol. The molecule has 0 nitrogen and oxygen atoms in total. The summed E-state index contributed by atoms with van der Waals surface area (Å²) in [6, 6.07) is 0. The van der Waals surface area contributed by atoms with E-state index in [1.807, 2.05) is 0 Å². The average Bonchev–Trinajstić information content (AvgIpc) is 1.95. The third-order valence-corrected chi connectivity index (χ3v) is 2.00. The van der Waals surface area contributed by atoms with Crippen LogP contribution in [0.15, 0.2) is 23.3 Å². The molecule has 0 atom stereocenters. The second-order valence-electron chi connectivity index (χ2n) is 3.07. The summed E-state index contributed by atoms with van der Waals surface area (Å²) in [5.41, 5.74) is 3.16. The molecule has 0 aromatic heterocycles. The molecule has 0 fully saturated rings. The van der Waals surface area contributed by atoms with E-state index in [0.29, 0.717) is 0 Å². The molecule has 10 heavy (non-hydrogen) atoms. The standard InChI is InChI=1S/C10H16/c1-3-4-10-7-5-9(2)6-8-10/h5,8H,3-4,6-7H2,1-2H3. The van der Waals surface area contributed by atoms with Gasteiger partial charge in [-0.05, 0) is 26.2 Å². The zero-order valence-electron chi connectivity index (χ0n) is 6.98. The monoisotopic (exact) mass is 136 g/mol. The van der Waals surface area contributed by atoms with Gasteiger partial charge in [0.1, 0.15) is 0 Å². The van der Waals surface area contributed by atoms with Gasteiger partial charge in [-0.2, -0.15) is 0 Å². The molecule has 0 spiro atoms. The lowest BCUT2D eigenvalue weighted by Crippen LogP contribution is -1.89. The lowest BCUT2D eigenvalue weighted by molar-refractivity contribution is 0.856. The van der Waals surface area contributed by atoms with Gasteiger partial charge < -0.3 is 0 Å². The third-order valence-electron chi connectivity index (χ3n) is 2.00. The molecule has 0 saturated carbocycles. The highest BCUT2D eigenvalue weighted by Crippen LogP contribution is 2.19. The minimum absolute atomic E-state index is 1.19. The predicted octanol–water partition coefficient (Wildman–Crippen LogP) is 3.45. The highest BCUT2D eigenvalue weighted by atomic mass is 14.1. The van der Waals surface area contributed by atoms with Crippen molar-refractivity contribution in [3.05, 3.63) is 23.3 Å². The molecule has 1 aliphatic rings. The van der Waals surface area contributed by atoms with Gasteiger partial charge in [0.2, 0.25) is 0 Å². The Balaban J connectivity index is 2.38. The summed E-state index contributed by atoms with van der Waals surface area (Å²) in [5.74, 6) is 0. The summed E-state index contributed by atoms with van der Waals surface area (Å²) in [6.45, 7) is 4.45. The van der Waals surface area contributed by atoms with E-state index < -0.39 is 0 Å². The van der Waals surface area contributed by atoms with Crippen LogP contribution < -0.4 is 0 Å². The molecule has 0 radical (unpaired) electrons. The maximum atomic E-state index is 2.39. The lowest BCUT2D eigenvalue weighted by Gasteiger charge is -2.09. The summed E-state index contributed by atoms with van der Waals surface area (Å²) in [6.07, 6.45) is 9.72. The molecule has 0 bridgehead atoms. The van der Waals surface area contributed by atoms with Gasteiger partial charge in [-0.15, -0.1) is 0 Å². The molecular formula is C10H16. The Labute approximate surface area is 63.6 Å². The normalized spacial score (nSPS) is 18.2. The van der Waals surface area contributed by atoms with Crippen molar-refractivity contribution in [3.63, 3.8) is 0 Å². The molecule has 0 aromatic rings. The quantitative estimate of drug-likeness (QED) is 0.510. The van der Waals surface area contributed by atoms with E-state index in [4.69, 9.17) is 0 Å².